The second kappa shape index (κ2) is 5.30. The van der Waals surface area contributed by atoms with Crippen LogP contribution in [0.1, 0.15) is 25.7 Å². The van der Waals surface area contributed by atoms with Gasteiger partial charge in [-0.3, -0.25) is 9.69 Å². The molecule has 0 bridgehead atoms. The molecule has 2 fully saturated rings. The summed E-state index contributed by atoms with van der Waals surface area (Å²) in [6.07, 6.45) is 3.85. The van der Waals surface area contributed by atoms with Crippen LogP contribution in [-0.4, -0.2) is 59.3 Å². The lowest BCUT2D eigenvalue weighted by Gasteiger charge is -2.28. The number of amides is 1. The summed E-state index contributed by atoms with van der Waals surface area (Å²) in [5.41, 5.74) is 0.852. The van der Waals surface area contributed by atoms with E-state index in [0.717, 1.165) is 57.6 Å². The van der Waals surface area contributed by atoms with Crippen molar-refractivity contribution in [1.82, 2.24) is 9.80 Å². The van der Waals surface area contributed by atoms with Crippen molar-refractivity contribution in [3.63, 3.8) is 0 Å². The quantitative estimate of drug-likeness (QED) is 0.551. The molecule has 5 nitrogen and oxygen atoms in total. The molecular weight excluding hydrogens is 206 g/mol. The van der Waals surface area contributed by atoms with E-state index in [4.69, 9.17) is 5.21 Å². The Kier molecular flexibility index (Phi) is 3.77. The van der Waals surface area contributed by atoms with Crippen molar-refractivity contribution in [2.75, 3.05) is 32.7 Å². The molecule has 2 rings (SSSR count). The Morgan fingerprint density at radius 1 is 1.19 bits per heavy atom. The molecule has 5 heteroatoms. The first-order valence-electron chi connectivity index (χ1n) is 5.99. The molecular formula is C11H19N3O2. The van der Waals surface area contributed by atoms with Gasteiger partial charge in [0, 0.05) is 39.0 Å². The van der Waals surface area contributed by atoms with E-state index in [1.165, 1.54) is 0 Å². The molecule has 2 aliphatic heterocycles. The van der Waals surface area contributed by atoms with Crippen LogP contribution in [0.5, 0.6) is 0 Å². The molecule has 0 saturated carbocycles. The minimum Gasteiger partial charge on any atom is -0.411 e. The van der Waals surface area contributed by atoms with E-state index in [0.29, 0.717) is 6.54 Å². The van der Waals surface area contributed by atoms with Gasteiger partial charge in [0.1, 0.15) is 0 Å². The fourth-order valence-electron chi connectivity index (χ4n) is 2.33. The first-order chi connectivity index (χ1) is 7.79. The third kappa shape index (κ3) is 2.72. The molecule has 0 atom stereocenters. The predicted molar refractivity (Wildman–Crippen MR) is 60.7 cm³/mol. The second-order valence-corrected chi connectivity index (χ2v) is 4.53. The number of rotatable bonds is 2. The maximum atomic E-state index is 11.9. The van der Waals surface area contributed by atoms with E-state index < -0.39 is 0 Å². The van der Waals surface area contributed by atoms with Gasteiger partial charge in [-0.2, -0.15) is 0 Å². The fourth-order valence-corrected chi connectivity index (χ4v) is 2.33. The zero-order chi connectivity index (χ0) is 11.4. The molecule has 90 valence electrons. The van der Waals surface area contributed by atoms with Crippen LogP contribution in [0.4, 0.5) is 0 Å². The van der Waals surface area contributed by atoms with Gasteiger partial charge in [-0.1, -0.05) is 5.16 Å². The summed E-state index contributed by atoms with van der Waals surface area (Å²) >= 11 is 0. The van der Waals surface area contributed by atoms with Gasteiger partial charge in [0.2, 0.25) is 5.91 Å². The Hall–Kier alpha value is -1.10. The highest BCUT2D eigenvalue weighted by molar-refractivity contribution is 5.85. The molecule has 16 heavy (non-hydrogen) atoms. The van der Waals surface area contributed by atoms with Gasteiger partial charge in [-0.25, -0.2) is 0 Å². The Morgan fingerprint density at radius 3 is 2.38 bits per heavy atom. The van der Waals surface area contributed by atoms with Crippen LogP contribution in [-0.2, 0) is 4.79 Å². The third-order valence-electron chi connectivity index (χ3n) is 3.39. The Morgan fingerprint density at radius 2 is 1.81 bits per heavy atom. The minimum absolute atomic E-state index is 0.252. The molecule has 1 amide bonds. The fraction of sp³-hybridized carbons (Fsp3) is 0.818. The molecule has 0 spiro atoms. The normalized spacial score (nSPS) is 22.5. The topological polar surface area (TPSA) is 56.1 Å². The Bertz CT molecular complexity index is 275. The summed E-state index contributed by atoms with van der Waals surface area (Å²) in [7, 11) is 0. The Labute approximate surface area is 95.7 Å². The largest absolute Gasteiger partial charge is 0.411 e. The maximum absolute atomic E-state index is 11.9. The lowest BCUT2D eigenvalue weighted by Crippen LogP contribution is -2.42. The zero-order valence-corrected chi connectivity index (χ0v) is 9.56. The number of likely N-dealkylation sites (tertiary alicyclic amines) is 2. The molecule has 0 aromatic rings. The van der Waals surface area contributed by atoms with Crippen LogP contribution in [0.25, 0.3) is 0 Å². The maximum Gasteiger partial charge on any atom is 0.236 e. The number of carbonyl (C=O) groups excluding carboxylic acids is 1. The van der Waals surface area contributed by atoms with E-state index in [1.807, 2.05) is 4.90 Å². The van der Waals surface area contributed by atoms with E-state index >= 15 is 0 Å². The standard InChI is InChI=1S/C11H19N3O2/c15-11(14-5-1-2-6-14)9-13-7-3-10(12-16)4-8-13/h16H,1-9H2. The van der Waals surface area contributed by atoms with Crippen LogP contribution >= 0.6 is 0 Å². The molecule has 0 unspecified atom stereocenters. The predicted octanol–water partition coefficient (Wildman–Crippen LogP) is 0.535. The molecule has 2 saturated heterocycles. The number of piperidine rings is 1. The first kappa shape index (κ1) is 11.4. The number of hydrogen-bond acceptors (Lipinski definition) is 4. The van der Waals surface area contributed by atoms with Crippen molar-refractivity contribution in [3.8, 4) is 0 Å². The van der Waals surface area contributed by atoms with Gasteiger partial charge in [0.25, 0.3) is 0 Å². The summed E-state index contributed by atoms with van der Waals surface area (Å²) < 4.78 is 0. The van der Waals surface area contributed by atoms with Crippen LogP contribution in [0.3, 0.4) is 0 Å². The number of carbonyl (C=O) groups is 1. The molecule has 2 heterocycles. The summed E-state index contributed by atoms with van der Waals surface area (Å²) in [6.45, 7) is 4.04. The highest BCUT2D eigenvalue weighted by atomic mass is 16.4. The zero-order valence-electron chi connectivity index (χ0n) is 9.56. The molecule has 0 radical (unpaired) electrons. The molecule has 2 aliphatic rings. The first-order valence-corrected chi connectivity index (χ1v) is 5.99. The van der Waals surface area contributed by atoms with E-state index in [1.54, 1.807) is 0 Å². The van der Waals surface area contributed by atoms with Gasteiger partial charge >= 0.3 is 0 Å². The average molecular weight is 225 g/mol. The third-order valence-corrected chi connectivity index (χ3v) is 3.39. The van der Waals surface area contributed by atoms with Gasteiger partial charge in [0.05, 0.1) is 12.3 Å². The van der Waals surface area contributed by atoms with Crippen molar-refractivity contribution in [1.29, 1.82) is 0 Å². The molecule has 0 aromatic carbocycles. The molecule has 1 N–H and O–H groups in total. The second-order valence-electron chi connectivity index (χ2n) is 4.53. The lowest BCUT2D eigenvalue weighted by atomic mass is 10.1. The minimum atomic E-state index is 0.252. The molecule has 0 aliphatic carbocycles. The summed E-state index contributed by atoms with van der Waals surface area (Å²) in [5.74, 6) is 0.252. The van der Waals surface area contributed by atoms with Crippen molar-refractivity contribution in [2.45, 2.75) is 25.7 Å². The van der Waals surface area contributed by atoms with Crippen molar-refractivity contribution in [2.24, 2.45) is 5.16 Å². The SMILES string of the molecule is O=C(CN1CCC(=NO)CC1)N1CCCC1. The van der Waals surface area contributed by atoms with Crippen LogP contribution in [0.15, 0.2) is 5.16 Å². The van der Waals surface area contributed by atoms with E-state index in [9.17, 15) is 4.79 Å². The van der Waals surface area contributed by atoms with Gasteiger partial charge in [-0.05, 0) is 12.8 Å². The summed E-state index contributed by atoms with van der Waals surface area (Å²) in [4.78, 5) is 16.0. The van der Waals surface area contributed by atoms with Crippen molar-refractivity contribution < 1.29 is 10.0 Å². The number of oxime groups is 1. The van der Waals surface area contributed by atoms with Gasteiger partial charge < -0.3 is 10.1 Å². The van der Waals surface area contributed by atoms with Crippen LogP contribution in [0, 0.1) is 0 Å². The monoisotopic (exact) mass is 225 g/mol. The van der Waals surface area contributed by atoms with Crippen LogP contribution < -0.4 is 0 Å². The summed E-state index contributed by atoms with van der Waals surface area (Å²) in [6, 6.07) is 0. The van der Waals surface area contributed by atoms with Crippen molar-refractivity contribution >= 4 is 11.6 Å². The van der Waals surface area contributed by atoms with Crippen LogP contribution in [0.2, 0.25) is 0 Å². The van der Waals surface area contributed by atoms with E-state index in [2.05, 4.69) is 10.1 Å². The van der Waals surface area contributed by atoms with Crippen molar-refractivity contribution in [3.05, 3.63) is 0 Å². The highest BCUT2D eigenvalue weighted by Crippen LogP contribution is 2.11. The molecule has 0 aromatic heterocycles. The number of nitrogens with zero attached hydrogens (tertiary/aromatic N) is 3. The number of hydrogen-bond donors (Lipinski definition) is 1. The van der Waals surface area contributed by atoms with E-state index in [-0.39, 0.29) is 5.91 Å². The Balaban J connectivity index is 1.75. The smallest absolute Gasteiger partial charge is 0.236 e. The lowest BCUT2D eigenvalue weighted by molar-refractivity contribution is -0.131. The van der Waals surface area contributed by atoms with Gasteiger partial charge in [0.15, 0.2) is 0 Å². The average Bonchev–Trinajstić information content (AvgIpc) is 2.83. The summed E-state index contributed by atoms with van der Waals surface area (Å²) in [5, 5.41) is 11.9. The van der Waals surface area contributed by atoms with Gasteiger partial charge in [-0.15, -0.1) is 0 Å². The highest BCUT2D eigenvalue weighted by Gasteiger charge is 2.22.